The highest BCUT2D eigenvalue weighted by Crippen LogP contribution is 2.27. The van der Waals surface area contributed by atoms with Gasteiger partial charge in [-0.1, -0.05) is 25.4 Å². The van der Waals surface area contributed by atoms with Crippen LogP contribution in [0.25, 0.3) is 0 Å². The zero-order valence-electron chi connectivity index (χ0n) is 10.9. The molecule has 0 spiro atoms. The number of nitrogens with zero attached hydrogens (tertiary/aromatic N) is 2. The van der Waals surface area contributed by atoms with Crippen molar-refractivity contribution in [2.75, 3.05) is 6.54 Å². The zero-order valence-corrected chi connectivity index (χ0v) is 12.4. The van der Waals surface area contributed by atoms with Gasteiger partial charge in [-0.05, 0) is 24.7 Å². The second-order valence-corrected chi connectivity index (χ2v) is 6.92. The van der Waals surface area contributed by atoms with E-state index in [1.807, 2.05) is 4.90 Å². The third kappa shape index (κ3) is 3.45. The fourth-order valence-corrected chi connectivity index (χ4v) is 3.43. The number of halogens is 1. The van der Waals surface area contributed by atoms with Crippen LogP contribution < -0.4 is 0 Å². The van der Waals surface area contributed by atoms with Gasteiger partial charge in [0.25, 0.3) is 0 Å². The lowest BCUT2D eigenvalue weighted by Gasteiger charge is -2.21. The fourth-order valence-electron chi connectivity index (χ4n) is 2.44. The number of carbonyl (C=O) groups is 1. The molecule has 2 rings (SSSR count). The average molecular weight is 287 g/mol. The number of carbonyl (C=O) groups excluding carboxylic acids is 1. The molecule has 0 aromatic carbocycles. The molecule has 0 saturated carbocycles. The van der Waals surface area contributed by atoms with Crippen molar-refractivity contribution in [1.82, 2.24) is 9.88 Å². The molecular formula is C13H19ClN2OS. The molecule has 1 aromatic rings. The van der Waals surface area contributed by atoms with Gasteiger partial charge in [-0.3, -0.25) is 4.79 Å². The fraction of sp³-hybridized carbons (Fsp3) is 0.692. The Hall–Kier alpha value is -0.610. The number of aromatic nitrogens is 1. The Bertz CT molecular complexity index is 419. The summed E-state index contributed by atoms with van der Waals surface area (Å²) in [5.74, 6) is 1.60. The maximum atomic E-state index is 12.1. The Balaban J connectivity index is 1.98. The Morgan fingerprint density at radius 2 is 2.33 bits per heavy atom. The molecule has 0 aliphatic carbocycles. The minimum Gasteiger partial charge on any atom is -0.337 e. The van der Waals surface area contributed by atoms with Gasteiger partial charge in [-0.15, -0.1) is 11.3 Å². The summed E-state index contributed by atoms with van der Waals surface area (Å²) in [5, 5.41) is 0. The number of rotatable bonds is 3. The molecule has 1 atom stereocenters. The highest BCUT2D eigenvalue weighted by molar-refractivity contribution is 7.15. The number of amides is 1. The molecule has 5 heteroatoms. The summed E-state index contributed by atoms with van der Waals surface area (Å²) >= 11 is 7.27. The predicted molar refractivity (Wildman–Crippen MR) is 74.7 cm³/mol. The zero-order chi connectivity index (χ0) is 13.1. The molecule has 1 aromatic heterocycles. The monoisotopic (exact) mass is 286 g/mol. The van der Waals surface area contributed by atoms with Crippen molar-refractivity contribution in [2.24, 2.45) is 11.8 Å². The number of thiazole rings is 1. The molecule has 18 heavy (non-hydrogen) atoms. The van der Waals surface area contributed by atoms with Crippen LogP contribution in [-0.2, 0) is 11.3 Å². The normalized spacial score (nSPS) is 21.4. The van der Waals surface area contributed by atoms with Crippen LogP contribution in [0, 0.1) is 11.8 Å². The molecule has 3 nitrogen and oxygen atoms in total. The lowest BCUT2D eigenvalue weighted by molar-refractivity contribution is -0.131. The molecule has 1 aliphatic heterocycles. The van der Waals surface area contributed by atoms with E-state index in [2.05, 4.69) is 18.8 Å². The average Bonchev–Trinajstić information content (AvgIpc) is 2.62. The van der Waals surface area contributed by atoms with E-state index in [0.717, 1.165) is 24.3 Å². The lowest BCUT2D eigenvalue weighted by Crippen LogP contribution is -2.29. The smallest absolute Gasteiger partial charge is 0.222 e. The van der Waals surface area contributed by atoms with Gasteiger partial charge < -0.3 is 4.90 Å². The first-order valence-electron chi connectivity index (χ1n) is 6.44. The summed E-state index contributed by atoms with van der Waals surface area (Å²) in [4.78, 5) is 19.1. The van der Waals surface area contributed by atoms with Crippen molar-refractivity contribution < 1.29 is 4.79 Å². The van der Waals surface area contributed by atoms with E-state index >= 15 is 0 Å². The Morgan fingerprint density at radius 1 is 1.56 bits per heavy atom. The molecule has 1 fully saturated rings. The van der Waals surface area contributed by atoms with Crippen molar-refractivity contribution in [3.63, 3.8) is 0 Å². The summed E-state index contributed by atoms with van der Waals surface area (Å²) in [7, 11) is 0. The van der Waals surface area contributed by atoms with E-state index in [9.17, 15) is 4.79 Å². The van der Waals surface area contributed by atoms with Crippen molar-refractivity contribution >= 4 is 28.8 Å². The van der Waals surface area contributed by atoms with E-state index in [1.54, 1.807) is 6.20 Å². The highest BCUT2D eigenvalue weighted by Gasteiger charge is 2.24. The lowest BCUT2D eigenvalue weighted by atomic mass is 9.89. The molecule has 2 heterocycles. The van der Waals surface area contributed by atoms with Gasteiger partial charge in [-0.2, -0.15) is 0 Å². The largest absolute Gasteiger partial charge is 0.337 e. The minimum absolute atomic E-state index is 0.266. The molecule has 1 amide bonds. The van der Waals surface area contributed by atoms with Gasteiger partial charge in [0.05, 0.1) is 6.54 Å². The Kier molecular flexibility index (Phi) is 4.62. The van der Waals surface area contributed by atoms with Crippen LogP contribution in [0.4, 0.5) is 0 Å². The second-order valence-electron chi connectivity index (χ2n) is 5.23. The van der Waals surface area contributed by atoms with E-state index in [4.69, 9.17) is 11.6 Å². The first kappa shape index (κ1) is 13.8. The quantitative estimate of drug-likeness (QED) is 0.851. The maximum absolute atomic E-state index is 12.1. The summed E-state index contributed by atoms with van der Waals surface area (Å²) in [6.07, 6.45) is 4.58. The number of hydrogen-bond acceptors (Lipinski definition) is 3. The molecule has 1 saturated heterocycles. The summed E-state index contributed by atoms with van der Waals surface area (Å²) in [6, 6.07) is 0. The first-order chi connectivity index (χ1) is 8.56. The van der Waals surface area contributed by atoms with Crippen LogP contribution in [0.3, 0.4) is 0 Å². The maximum Gasteiger partial charge on any atom is 0.222 e. The van der Waals surface area contributed by atoms with Crippen molar-refractivity contribution in [3.8, 4) is 0 Å². The molecular weight excluding hydrogens is 268 g/mol. The van der Waals surface area contributed by atoms with Crippen LogP contribution in [0.1, 0.15) is 38.0 Å². The van der Waals surface area contributed by atoms with E-state index in [0.29, 0.717) is 29.3 Å². The predicted octanol–water partition coefficient (Wildman–Crippen LogP) is 3.58. The van der Waals surface area contributed by atoms with Crippen LogP contribution in [0.5, 0.6) is 0 Å². The molecule has 1 aliphatic rings. The SMILES string of the molecule is CC(C)C1CCC(=O)N(Cc2cnc(Cl)s2)CC1. The number of likely N-dealkylation sites (tertiary alicyclic amines) is 1. The minimum atomic E-state index is 0.266. The van der Waals surface area contributed by atoms with Gasteiger partial charge in [0.1, 0.15) is 0 Å². The van der Waals surface area contributed by atoms with E-state index in [1.165, 1.54) is 11.3 Å². The van der Waals surface area contributed by atoms with Gasteiger partial charge in [0.2, 0.25) is 5.91 Å². The van der Waals surface area contributed by atoms with Crippen molar-refractivity contribution in [2.45, 2.75) is 39.7 Å². The van der Waals surface area contributed by atoms with Crippen LogP contribution in [0.15, 0.2) is 6.20 Å². The summed E-state index contributed by atoms with van der Waals surface area (Å²) in [6.45, 7) is 6.01. The summed E-state index contributed by atoms with van der Waals surface area (Å²) < 4.78 is 0.548. The third-order valence-electron chi connectivity index (χ3n) is 3.67. The Morgan fingerprint density at radius 3 is 2.94 bits per heavy atom. The van der Waals surface area contributed by atoms with E-state index < -0.39 is 0 Å². The number of hydrogen-bond donors (Lipinski definition) is 0. The molecule has 0 bridgehead atoms. The highest BCUT2D eigenvalue weighted by atomic mass is 35.5. The van der Waals surface area contributed by atoms with Gasteiger partial charge in [0, 0.05) is 24.0 Å². The molecule has 100 valence electrons. The van der Waals surface area contributed by atoms with Gasteiger partial charge in [0.15, 0.2) is 4.47 Å². The van der Waals surface area contributed by atoms with Crippen molar-refractivity contribution in [1.29, 1.82) is 0 Å². The summed E-state index contributed by atoms with van der Waals surface area (Å²) in [5.41, 5.74) is 0. The van der Waals surface area contributed by atoms with Gasteiger partial charge >= 0.3 is 0 Å². The van der Waals surface area contributed by atoms with Crippen LogP contribution in [0.2, 0.25) is 4.47 Å². The van der Waals surface area contributed by atoms with Crippen LogP contribution in [-0.4, -0.2) is 22.3 Å². The first-order valence-corrected chi connectivity index (χ1v) is 7.63. The second kappa shape index (κ2) is 6.02. The van der Waals surface area contributed by atoms with E-state index in [-0.39, 0.29) is 5.91 Å². The third-order valence-corrected chi connectivity index (χ3v) is 4.77. The molecule has 0 radical (unpaired) electrons. The topological polar surface area (TPSA) is 33.2 Å². The molecule has 1 unspecified atom stereocenters. The van der Waals surface area contributed by atoms with Crippen molar-refractivity contribution in [3.05, 3.63) is 15.5 Å². The Labute approximate surface area is 117 Å². The van der Waals surface area contributed by atoms with Crippen LogP contribution >= 0.6 is 22.9 Å². The van der Waals surface area contributed by atoms with Gasteiger partial charge in [-0.25, -0.2) is 4.98 Å². The molecule has 0 N–H and O–H groups in total. The standard InChI is InChI=1S/C13H19ClN2OS/c1-9(2)10-3-4-12(17)16(6-5-10)8-11-7-15-13(14)18-11/h7,9-10H,3-6,8H2,1-2H3.